The Hall–Kier alpha value is -1.69. The second-order valence-corrected chi connectivity index (χ2v) is 5.63. The SMILES string of the molecule is CCn1cnc2c(N3CCNC(C)(C)C3)ncnc21. The Kier molecular flexibility index (Phi) is 2.89. The van der Waals surface area contributed by atoms with Crippen molar-refractivity contribution in [2.75, 3.05) is 24.5 Å². The number of piperazine rings is 1. The van der Waals surface area contributed by atoms with Gasteiger partial charge in [-0.3, -0.25) is 0 Å². The molecule has 3 heterocycles. The summed E-state index contributed by atoms with van der Waals surface area (Å²) in [6, 6.07) is 0. The van der Waals surface area contributed by atoms with E-state index in [9.17, 15) is 0 Å². The van der Waals surface area contributed by atoms with Gasteiger partial charge in [0, 0.05) is 31.7 Å². The van der Waals surface area contributed by atoms with Crippen molar-refractivity contribution in [1.82, 2.24) is 24.8 Å². The number of nitrogens with one attached hydrogen (secondary N) is 1. The highest BCUT2D eigenvalue weighted by Crippen LogP contribution is 2.24. The number of hydrogen-bond donors (Lipinski definition) is 1. The van der Waals surface area contributed by atoms with Crippen molar-refractivity contribution in [2.45, 2.75) is 32.9 Å². The van der Waals surface area contributed by atoms with Gasteiger partial charge in [0.1, 0.15) is 6.33 Å². The normalized spacial score (nSPS) is 19.0. The van der Waals surface area contributed by atoms with Crippen molar-refractivity contribution >= 4 is 17.0 Å². The summed E-state index contributed by atoms with van der Waals surface area (Å²) in [6.07, 6.45) is 3.48. The van der Waals surface area contributed by atoms with E-state index in [4.69, 9.17) is 0 Å². The van der Waals surface area contributed by atoms with Crippen LogP contribution in [0, 0.1) is 0 Å². The predicted octanol–water partition coefficient (Wildman–Crippen LogP) is 1.03. The average molecular weight is 260 g/mol. The molecule has 0 spiro atoms. The number of fused-ring (bicyclic) bond motifs is 1. The molecule has 1 N–H and O–H groups in total. The fourth-order valence-electron chi connectivity index (χ4n) is 2.65. The fraction of sp³-hybridized carbons (Fsp3) is 0.615. The molecule has 1 aliphatic heterocycles. The molecule has 0 bridgehead atoms. The van der Waals surface area contributed by atoms with Gasteiger partial charge in [0.05, 0.1) is 6.33 Å². The van der Waals surface area contributed by atoms with Crippen LogP contribution < -0.4 is 10.2 Å². The van der Waals surface area contributed by atoms with Gasteiger partial charge in [-0.15, -0.1) is 0 Å². The van der Waals surface area contributed by atoms with Crippen molar-refractivity contribution in [2.24, 2.45) is 0 Å². The zero-order valence-corrected chi connectivity index (χ0v) is 11.7. The van der Waals surface area contributed by atoms with Crippen molar-refractivity contribution in [3.05, 3.63) is 12.7 Å². The maximum absolute atomic E-state index is 4.49. The predicted molar refractivity (Wildman–Crippen MR) is 75.3 cm³/mol. The summed E-state index contributed by atoms with van der Waals surface area (Å²) >= 11 is 0. The van der Waals surface area contributed by atoms with E-state index in [-0.39, 0.29) is 5.54 Å². The van der Waals surface area contributed by atoms with Gasteiger partial charge in [0.25, 0.3) is 0 Å². The van der Waals surface area contributed by atoms with Crippen LogP contribution in [0.1, 0.15) is 20.8 Å². The molecule has 0 unspecified atom stereocenters. The smallest absolute Gasteiger partial charge is 0.165 e. The van der Waals surface area contributed by atoms with E-state index < -0.39 is 0 Å². The third kappa shape index (κ3) is 2.16. The first-order chi connectivity index (χ1) is 9.11. The number of aromatic nitrogens is 4. The number of imidazole rings is 1. The summed E-state index contributed by atoms with van der Waals surface area (Å²) in [7, 11) is 0. The van der Waals surface area contributed by atoms with Crippen molar-refractivity contribution in [3.8, 4) is 0 Å². The second-order valence-electron chi connectivity index (χ2n) is 5.63. The summed E-state index contributed by atoms with van der Waals surface area (Å²) in [4.78, 5) is 15.6. The van der Waals surface area contributed by atoms with Gasteiger partial charge in [0.15, 0.2) is 17.0 Å². The van der Waals surface area contributed by atoms with Crippen LogP contribution in [0.3, 0.4) is 0 Å². The number of rotatable bonds is 2. The molecule has 0 atom stereocenters. The topological polar surface area (TPSA) is 58.9 Å². The summed E-state index contributed by atoms with van der Waals surface area (Å²) in [6.45, 7) is 10.2. The third-order valence-electron chi connectivity index (χ3n) is 3.59. The van der Waals surface area contributed by atoms with Gasteiger partial charge in [-0.2, -0.15) is 0 Å². The van der Waals surface area contributed by atoms with Crippen LogP contribution in [0.25, 0.3) is 11.2 Å². The van der Waals surface area contributed by atoms with E-state index in [1.54, 1.807) is 6.33 Å². The quantitative estimate of drug-likeness (QED) is 0.874. The molecule has 2 aromatic heterocycles. The first-order valence-electron chi connectivity index (χ1n) is 6.76. The summed E-state index contributed by atoms with van der Waals surface area (Å²) in [5, 5.41) is 3.51. The molecule has 0 aliphatic carbocycles. The molecular weight excluding hydrogens is 240 g/mol. The lowest BCUT2D eigenvalue weighted by atomic mass is 10.0. The Balaban J connectivity index is 2.03. The molecule has 0 amide bonds. The molecule has 102 valence electrons. The molecule has 6 heteroatoms. The zero-order valence-electron chi connectivity index (χ0n) is 11.7. The Morgan fingerprint density at radius 1 is 1.32 bits per heavy atom. The average Bonchev–Trinajstić information content (AvgIpc) is 2.80. The molecule has 1 aliphatic rings. The van der Waals surface area contributed by atoms with Crippen molar-refractivity contribution in [1.29, 1.82) is 0 Å². The fourth-order valence-corrected chi connectivity index (χ4v) is 2.65. The van der Waals surface area contributed by atoms with Gasteiger partial charge in [-0.25, -0.2) is 15.0 Å². The maximum Gasteiger partial charge on any atom is 0.165 e. The van der Waals surface area contributed by atoms with Crippen molar-refractivity contribution in [3.63, 3.8) is 0 Å². The highest BCUT2D eigenvalue weighted by Gasteiger charge is 2.28. The molecule has 6 nitrogen and oxygen atoms in total. The Morgan fingerprint density at radius 3 is 2.89 bits per heavy atom. The van der Waals surface area contributed by atoms with Crippen LogP contribution >= 0.6 is 0 Å². The minimum absolute atomic E-state index is 0.100. The first-order valence-corrected chi connectivity index (χ1v) is 6.76. The monoisotopic (exact) mass is 260 g/mol. The van der Waals surface area contributed by atoms with Gasteiger partial charge in [-0.05, 0) is 20.8 Å². The summed E-state index contributed by atoms with van der Waals surface area (Å²) < 4.78 is 2.05. The first kappa shape index (κ1) is 12.3. The minimum Gasteiger partial charge on any atom is -0.352 e. The largest absolute Gasteiger partial charge is 0.352 e. The summed E-state index contributed by atoms with van der Waals surface area (Å²) in [5.41, 5.74) is 1.92. The number of hydrogen-bond acceptors (Lipinski definition) is 5. The highest BCUT2D eigenvalue weighted by atomic mass is 15.3. The van der Waals surface area contributed by atoms with Crippen LogP contribution in [0.5, 0.6) is 0 Å². The Morgan fingerprint density at radius 2 is 2.16 bits per heavy atom. The van der Waals surface area contributed by atoms with Crippen LogP contribution in [0.4, 0.5) is 5.82 Å². The van der Waals surface area contributed by atoms with Gasteiger partial charge < -0.3 is 14.8 Å². The maximum atomic E-state index is 4.49. The lowest BCUT2D eigenvalue weighted by Crippen LogP contribution is -2.57. The molecule has 19 heavy (non-hydrogen) atoms. The lowest BCUT2D eigenvalue weighted by molar-refractivity contribution is 0.352. The van der Waals surface area contributed by atoms with Crippen LogP contribution in [-0.4, -0.2) is 44.7 Å². The van der Waals surface area contributed by atoms with Crippen LogP contribution in [0.2, 0.25) is 0 Å². The van der Waals surface area contributed by atoms with Crippen LogP contribution in [-0.2, 0) is 6.54 Å². The second kappa shape index (κ2) is 4.45. The van der Waals surface area contributed by atoms with Crippen LogP contribution in [0.15, 0.2) is 12.7 Å². The number of anilines is 1. The third-order valence-corrected chi connectivity index (χ3v) is 3.59. The molecular formula is C13H20N6. The van der Waals surface area contributed by atoms with E-state index in [1.807, 2.05) is 10.9 Å². The molecule has 1 saturated heterocycles. The van der Waals surface area contributed by atoms with Crippen molar-refractivity contribution < 1.29 is 0 Å². The number of aryl methyl sites for hydroxylation is 1. The van der Waals surface area contributed by atoms with Gasteiger partial charge >= 0.3 is 0 Å². The molecule has 0 radical (unpaired) electrons. The van der Waals surface area contributed by atoms with Gasteiger partial charge in [0.2, 0.25) is 0 Å². The van der Waals surface area contributed by atoms with E-state index in [0.29, 0.717) is 0 Å². The minimum atomic E-state index is 0.100. The van der Waals surface area contributed by atoms with E-state index >= 15 is 0 Å². The molecule has 0 saturated carbocycles. The zero-order chi connectivity index (χ0) is 13.5. The highest BCUT2D eigenvalue weighted by molar-refractivity contribution is 5.83. The lowest BCUT2D eigenvalue weighted by Gasteiger charge is -2.39. The molecule has 0 aromatic carbocycles. The molecule has 3 rings (SSSR count). The standard InChI is InChI=1S/C13H20N6/c1-4-18-9-16-10-11(18)14-8-15-12(10)19-6-5-17-13(2,3)7-19/h8-9,17H,4-7H2,1-3H3. The van der Waals surface area contributed by atoms with Gasteiger partial charge in [-0.1, -0.05) is 0 Å². The van der Waals surface area contributed by atoms with E-state index in [2.05, 4.69) is 45.9 Å². The van der Waals surface area contributed by atoms with E-state index in [1.165, 1.54) is 0 Å². The molecule has 2 aromatic rings. The Labute approximate surface area is 112 Å². The number of nitrogens with zero attached hydrogens (tertiary/aromatic N) is 5. The molecule has 1 fully saturated rings. The summed E-state index contributed by atoms with van der Waals surface area (Å²) in [5.74, 6) is 0.951. The van der Waals surface area contributed by atoms with E-state index in [0.717, 1.165) is 43.2 Å². The Bertz CT molecular complexity index is 588.